The average molecular weight is 406 g/mol. The predicted molar refractivity (Wildman–Crippen MR) is 123 cm³/mol. The number of rotatable bonds is 4. The Hall–Kier alpha value is -1.74. The summed E-state index contributed by atoms with van der Waals surface area (Å²) in [5, 5.41) is 1.34. The standard InChI is InChI=1S/C26H33N2S/c1-5-27-24-8-6-7-9-25(24)29-26(27)16-21-12-17(2)28(18(3)13-21)19(4)23-15-20-10-11-22(23)14-20/h6-9,12-13,16,19-20,22-23H,5,10-11,14-15H2,1-4H3/q+1/t19-,20+,22+,23-/m1/s1. The number of nitrogens with zero attached hydrogens (tertiary/aromatic N) is 2. The van der Waals surface area contributed by atoms with Crippen molar-refractivity contribution in [1.82, 2.24) is 0 Å². The van der Waals surface area contributed by atoms with Crippen molar-refractivity contribution in [3.63, 3.8) is 0 Å². The summed E-state index contributed by atoms with van der Waals surface area (Å²) in [6.07, 6.45) is 8.26. The van der Waals surface area contributed by atoms with Gasteiger partial charge in [-0.3, -0.25) is 0 Å². The maximum absolute atomic E-state index is 2.61. The van der Waals surface area contributed by atoms with Gasteiger partial charge in [-0.05, 0) is 68.7 Å². The normalized spacial score (nSPS) is 27.7. The summed E-state index contributed by atoms with van der Waals surface area (Å²) in [4.78, 5) is 3.80. The number of thioether (sulfide) groups is 1. The Morgan fingerprint density at radius 1 is 1.14 bits per heavy atom. The summed E-state index contributed by atoms with van der Waals surface area (Å²) < 4.78 is 2.61. The number of anilines is 1. The van der Waals surface area contributed by atoms with Gasteiger partial charge in [0.25, 0.3) is 0 Å². The second-order valence-electron chi connectivity index (χ2n) is 9.32. The highest BCUT2D eigenvalue weighted by Gasteiger charge is 2.45. The van der Waals surface area contributed by atoms with Crippen molar-refractivity contribution in [2.45, 2.75) is 64.3 Å². The Morgan fingerprint density at radius 2 is 1.90 bits per heavy atom. The zero-order chi connectivity index (χ0) is 20.1. The summed E-state index contributed by atoms with van der Waals surface area (Å²) in [6.45, 7) is 10.3. The van der Waals surface area contributed by atoms with E-state index in [-0.39, 0.29) is 0 Å². The van der Waals surface area contributed by atoms with Crippen LogP contribution < -0.4 is 9.47 Å². The van der Waals surface area contributed by atoms with E-state index in [0.717, 1.165) is 24.3 Å². The van der Waals surface area contributed by atoms with Gasteiger partial charge in [-0.2, -0.15) is 4.57 Å². The van der Waals surface area contributed by atoms with Crippen molar-refractivity contribution in [1.29, 1.82) is 0 Å². The summed E-state index contributed by atoms with van der Waals surface area (Å²) in [5.74, 6) is 2.85. The largest absolute Gasteiger partial charge is 0.335 e. The molecular weight excluding hydrogens is 372 g/mol. The molecule has 29 heavy (non-hydrogen) atoms. The van der Waals surface area contributed by atoms with Crippen molar-refractivity contribution < 1.29 is 4.57 Å². The van der Waals surface area contributed by atoms with Gasteiger partial charge in [-0.1, -0.05) is 30.3 Å². The molecule has 5 rings (SSSR count). The first-order valence-electron chi connectivity index (χ1n) is 11.3. The number of hydrogen-bond acceptors (Lipinski definition) is 2. The first kappa shape index (κ1) is 19.2. The number of fused-ring (bicyclic) bond motifs is 3. The molecule has 1 aliphatic heterocycles. The van der Waals surface area contributed by atoms with E-state index in [9.17, 15) is 0 Å². The van der Waals surface area contributed by atoms with E-state index in [4.69, 9.17) is 0 Å². The van der Waals surface area contributed by atoms with Crippen LogP contribution >= 0.6 is 11.8 Å². The highest BCUT2D eigenvalue weighted by molar-refractivity contribution is 8.03. The molecule has 2 nitrogen and oxygen atoms in total. The van der Waals surface area contributed by atoms with Gasteiger partial charge in [0.05, 0.1) is 10.7 Å². The van der Waals surface area contributed by atoms with Gasteiger partial charge >= 0.3 is 0 Å². The monoisotopic (exact) mass is 405 g/mol. The quantitative estimate of drug-likeness (QED) is 0.535. The van der Waals surface area contributed by atoms with Gasteiger partial charge in [-0.25, -0.2) is 0 Å². The maximum atomic E-state index is 2.61. The minimum Gasteiger partial charge on any atom is -0.335 e. The molecule has 2 aliphatic carbocycles. The summed E-state index contributed by atoms with van der Waals surface area (Å²) >= 11 is 1.89. The van der Waals surface area contributed by atoms with Crippen molar-refractivity contribution >= 4 is 23.5 Å². The van der Waals surface area contributed by atoms with Crippen molar-refractivity contribution in [2.75, 3.05) is 11.4 Å². The van der Waals surface area contributed by atoms with Crippen LogP contribution in [0, 0.1) is 31.6 Å². The molecule has 1 aromatic carbocycles. The van der Waals surface area contributed by atoms with E-state index in [2.05, 4.69) is 79.6 Å². The predicted octanol–water partition coefficient (Wildman–Crippen LogP) is 6.52. The zero-order valence-electron chi connectivity index (χ0n) is 18.2. The minimum atomic E-state index is 0.615. The molecule has 0 N–H and O–H groups in total. The fourth-order valence-corrected chi connectivity index (χ4v) is 7.56. The van der Waals surface area contributed by atoms with E-state index < -0.39 is 0 Å². The molecule has 0 unspecified atom stereocenters. The van der Waals surface area contributed by atoms with Crippen molar-refractivity contribution in [3.8, 4) is 0 Å². The summed E-state index contributed by atoms with van der Waals surface area (Å²) in [6, 6.07) is 14.1. The van der Waals surface area contributed by atoms with Crippen LogP contribution in [0.2, 0.25) is 0 Å². The molecular formula is C26H33N2S+. The van der Waals surface area contributed by atoms with Crippen LogP contribution in [0.5, 0.6) is 0 Å². The molecule has 0 spiro atoms. The van der Waals surface area contributed by atoms with Gasteiger partial charge in [0.15, 0.2) is 17.4 Å². The second kappa shape index (κ2) is 7.50. The van der Waals surface area contributed by atoms with Gasteiger partial charge in [0.1, 0.15) is 0 Å². The molecule has 0 radical (unpaired) electrons. The fourth-order valence-electron chi connectivity index (χ4n) is 6.37. The minimum absolute atomic E-state index is 0.615. The fraction of sp³-hybridized carbons (Fsp3) is 0.500. The van der Waals surface area contributed by atoms with Gasteiger partial charge in [0.2, 0.25) is 0 Å². The summed E-state index contributed by atoms with van der Waals surface area (Å²) in [5.41, 5.74) is 5.46. The Morgan fingerprint density at radius 3 is 2.55 bits per heavy atom. The lowest BCUT2D eigenvalue weighted by Crippen LogP contribution is -2.48. The molecule has 3 heteroatoms. The number of hydrogen-bond donors (Lipinski definition) is 0. The number of para-hydroxylation sites is 1. The molecule has 2 fully saturated rings. The van der Waals surface area contributed by atoms with Crippen LogP contribution in [0.4, 0.5) is 5.69 Å². The van der Waals surface area contributed by atoms with Crippen LogP contribution in [-0.4, -0.2) is 6.54 Å². The molecule has 2 aromatic rings. The van der Waals surface area contributed by atoms with Crippen LogP contribution in [0.1, 0.15) is 62.5 Å². The van der Waals surface area contributed by atoms with E-state index in [0.29, 0.717) is 6.04 Å². The molecule has 4 atom stereocenters. The van der Waals surface area contributed by atoms with Crippen molar-refractivity contribution in [2.24, 2.45) is 17.8 Å². The lowest BCUT2D eigenvalue weighted by molar-refractivity contribution is -0.738. The number of aromatic nitrogens is 1. The smallest absolute Gasteiger partial charge is 0.179 e. The average Bonchev–Trinajstić information content (AvgIpc) is 3.41. The first-order chi connectivity index (χ1) is 14.0. The number of benzene rings is 1. The van der Waals surface area contributed by atoms with Crippen molar-refractivity contribution in [3.05, 3.63) is 58.4 Å². The lowest BCUT2D eigenvalue weighted by Gasteiger charge is -2.26. The van der Waals surface area contributed by atoms with Gasteiger partial charge in [0, 0.05) is 43.3 Å². The molecule has 2 bridgehead atoms. The molecule has 0 saturated heterocycles. The van der Waals surface area contributed by atoms with E-state index in [1.54, 1.807) is 0 Å². The molecule has 2 saturated carbocycles. The lowest BCUT2D eigenvalue weighted by atomic mass is 9.83. The van der Waals surface area contributed by atoms with Crippen LogP contribution in [-0.2, 0) is 0 Å². The first-order valence-corrected chi connectivity index (χ1v) is 12.2. The molecule has 3 aliphatic rings. The second-order valence-corrected chi connectivity index (χ2v) is 10.4. The Balaban J connectivity index is 1.44. The third-order valence-corrected chi connectivity index (χ3v) is 8.69. The molecule has 152 valence electrons. The Labute approximate surface area is 180 Å². The topological polar surface area (TPSA) is 7.12 Å². The highest BCUT2D eigenvalue weighted by atomic mass is 32.2. The Bertz CT molecular complexity index is 940. The zero-order valence-corrected chi connectivity index (χ0v) is 19.0. The van der Waals surface area contributed by atoms with E-state index in [1.807, 2.05) is 11.8 Å². The highest BCUT2D eigenvalue weighted by Crippen LogP contribution is 2.51. The Kier molecular flexibility index (Phi) is 4.98. The van der Waals surface area contributed by atoms with Crippen LogP contribution in [0.15, 0.2) is 46.3 Å². The third-order valence-electron chi connectivity index (χ3n) is 7.57. The van der Waals surface area contributed by atoms with E-state index in [1.165, 1.54) is 58.2 Å². The number of pyridine rings is 1. The van der Waals surface area contributed by atoms with Gasteiger partial charge < -0.3 is 4.90 Å². The molecule has 2 heterocycles. The van der Waals surface area contributed by atoms with E-state index >= 15 is 0 Å². The third kappa shape index (κ3) is 3.32. The molecule has 1 aromatic heterocycles. The summed E-state index contributed by atoms with van der Waals surface area (Å²) in [7, 11) is 0. The van der Waals surface area contributed by atoms with Crippen LogP contribution in [0.3, 0.4) is 0 Å². The number of aryl methyl sites for hydroxylation is 2. The SMILES string of the molecule is CCN1C(=Cc2cc(C)[n+]([C@H](C)[C@H]3C[C@H]4CC[C@H]3C4)c(C)c2)Sc2ccccc21. The maximum Gasteiger partial charge on any atom is 0.179 e. The van der Waals surface area contributed by atoms with Crippen LogP contribution in [0.25, 0.3) is 6.08 Å². The molecule has 0 amide bonds. The van der Waals surface area contributed by atoms with Gasteiger partial charge in [-0.15, -0.1) is 0 Å².